The Morgan fingerprint density at radius 3 is 2.65 bits per heavy atom. The quantitative estimate of drug-likeness (QED) is 0.775. The average molecular weight is 296 g/mol. The number of nitrogens with one attached hydrogen (secondary N) is 1. The molecule has 1 aliphatic carbocycles. The van der Waals surface area contributed by atoms with Crippen molar-refractivity contribution in [3.63, 3.8) is 0 Å². The molecule has 0 aliphatic heterocycles. The molecule has 1 aromatic heterocycles. The second-order valence-electron chi connectivity index (χ2n) is 5.39. The molecular weight excluding hydrogens is 276 g/mol. The van der Waals surface area contributed by atoms with Gasteiger partial charge in [0, 0.05) is 4.88 Å². The summed E-state index contributed by atoms with van der Waals surface area (Å²) in [5, 5.41) is 13.9. The maximum Gasteiger partial charge on any atom is 0.305 e. The molecule has 1 amide bonds. The third kappa shape index (κ3) is 3.58. The molecule has 0 bridgehead atoms. The van der Waals surface area contributed by atoms with E-state index < -0.39 is 17.6 Å². The molecule has 1 saturated carbocycles. The molecule has 20 heavy (non-hydrogen) atoms. The Balaban J connectivity index is 2.07. The van der Waals surface area contributed by atoms with E-state index in [9.17, 15) is 9.59 Å². The van der Waals surface area contributed by atoms with Gasteiger partial charge >= 0.3 is 5.97 Å². The minimum atomic E-state index is -0.878. The highest BCUT2D eigenvalue weighted by molar-refractivity contribution is 7.10. The number of amides is 1. The SMILES string of the molecule is NC(C(=O)NC1(CC(=O)O)CCCCC1)c1cccs1. The van der Waals surface area contributed by atoms with Crippen molar-refractivity contribution < 1.29 is 14.7 Å². The lowest BCUT2D eigenvalue weighted by atomic mass is 9.79. The number of carboxylic acid groups (broad SMARTS) is 1. The van der Waals surface area contributed by atoms with E-state index in [2.05, 4.69) is 5.32 Å². The number of aliphatic carboxylic acids is 1. The zero-order valence-electron chi connectivity index (χ0n) is 11.3. The number of hydrogen-bond donors (Lipinski definition) is 3. The van der Waals surface area contributed by atoms with Gasteiger partial charge in [-0.3, -0.25) is 9.59 Å². The van der Waals surface area contributed by atoms with Gasteiger partial charge in [-0.25, -0.2) is 0 Å². The molecule has 4 N–H and O–H groups in total. The second-order valence-corrected chi connectivity index (χ2v) is 6.37. The normalized spacial score (nSPS) is 19.2. The van der Waals surface area contributed by atoms with Gasteiger partial charge in [0.05, 0.1) is 12.0 Å². The van der Waals surface area contributed by atoms with Crippen LogP contribution >= 0.6 is 11.3 Å². The van der Waals surface area contributed by atoms with Crippen LogP contribution in [-0.2, 0) is 9.59 Å². The van der Waals surface area contributed by atoms with Crippen LogP contribution in [0, 0.1) is 0 Å². The van der Waals surface area contributed by atoms with E-state index in [1.807, 2.05) is 17.5 Å². The first-order valence-electron chi connectivity index (χ1n) is 6.85. The van der Waals surface area contributed by atoms with Gasteiger partial charge in [-0.1, -0.05) is 25.3 Å². The summed E-state index contributed by atoms with van der Waals surface area (Å²) in [6.45, 7) is 0. The molecular formula is C14H20N2O3S. The van der Waals surface area contributed by atoms with Gasteiger partial charge in [0.15, 0.2) is 0 Å². The number of nitrogens with two attached hydrogens (primary N) is 1. The Kier molecular flexibility index (Phi) is 4.77. The van der Waals surface area contributed by atoms with Gasteiger partial charge in [-0.2, -0.15) is 0 Å². The van der Waals surface area contributed by atoms with E-state index in [1.54, 1.807) is 0 Å². The number of carbonyl (C=O) groups excluding carboxylic acids is 1. The second kappa shape index (κ2) is 6.37. The summed E-state index contributed by atoms with van der Waals surface area (Å²) in [4.78, 5) is 24.1. The van der Waals surface area contributed by atoms with Gasteiger partial charge in [0.2, 0.25) is 5.91 Å². The van der Waals surface area contributed by atoms with Crippen LogP contribution in [-0.4, -0.2) is 22.5 Å². The summed E-state index contributed by atoms with van der Waals surface area (Å²) in [7, 11) is 0. The van der Waals surface area contributed by atoms with Gasteiger partial charge in [-0.05, 0) is 24.3 Å². The molecule has 1 aromatic rings. The van der Waals surface area contributed by atoms with Crippen LogP contribution in [0.1, 0.15) is 49.4 Å². The molecule has 5 nitrogen and oxygen atoms in total. The predicted molar refractivity (Wildman–Crippen MR) is 77.5 cm³/mol. The molecule has 1 atom stereocenters. The first kappa shape index (κ1) is 15.0. The van der Waals surface area contributed by atoms with Crippen LogP contribution in [0.15, 0.2) is 17.5 Å². The van der Waals surface area contributed by atoms with E-state index in [4.69, 9.17) is 10.8 Å². The lowest BCUT2D eigenvalue weighted by Crippen LogP contribution is -2.53. The topological polar surface area (TPSA) is 92.4 Å². The first-order chi connectivity index (χ1) is 9.52. The summed E-state index contributed by atoms with van der Waals surface area (Å²) in [6, 6.07) is 2.95. The van der Waals surface area contributed by atoms with E-state index in [0.717, 1.165) is 24.1 Å². The molecule has 110 valence electrons. The minimum absolute atomic E-state index is 0.0318. The minimum Gasteiger partial charge on any atom is -0.481 e. The van der Waals surface area contributed by atoms with Crippen molar-refractivity contribution in [1.29, 1.82) is 0 Å². The van der Waals surface area contributed by atoms with Crippen LogP contribution in [0.25, 0.3) is 0 Å². The Hall–Kier alpha value is -1.40. The Morgan fingerprint density at radius 2 is 2.10 bits per heavy atom. The monoisotopic (exact) mass is 296 g/mol. The summed E-state index contributed by atoms with van der Waals surface area (Å²) in [5.74, 6) is -1.16. The molecule has 0 saturated heterocycles. The fraction of sp³-hybridized carbons (Fsp3) is 0.571. The Labute approximate surface area is 122 Å². The van der Waals surface area contributed by atoms with Gasteiger partial charge in [0.25, 0.3) is 0 Å². The van der Waals surface area contributed by atoms with Crippen LogP contribution in [0.5, 0.6) is 0 Å². The van der Waals surface area contributed by atoms with Crippen molar-refractivity contribution in [2.24, 2.45) is 5.73 Å². The van der Waals surface area contributed by atoms with Crippen LogP contribution in [0.2, 0.25) is 0 Å². The summed E-state index contributed by atoms with van der Waals surface area (Å²) in [6.07, 6.45) is 4.37. The van der Waals surface area contributed by atoms with Crippen molar-refractivity contribution in [3.8, 4) is 0 Å². The third-order valence-electron chi connectivity index (χ3n) is 3.82. The van der Waals surface area contributed by atoms with E-state index in [0.29, 0.717) is 12.8 Å². The van der Waals surface area contributed by atoms with E-state index in [1.165, 1.54) is 11.3 Å². The fourth-order valence-electron chi connectivity index (χ4n) is 2.80. The van der Waals surface area contributed by atoms with Gasteiger partial charge in [-0.15, -0.1) is 11.3 Å². The van der Waals surface area contributed by atoms with Crippen molar-refractivity contribution in [3.05, 3.63) is 22.4 Å². The van der Waals surface area contributed by atoms with Crippen molar-refractivity contribution in [2.75, 3.05) is 0 Å². The molecule has 1 unspecified atom stereocenters. The number of carboxylic acids is 1. The fourth-order valence-corrected chi connectivity index (χ4v) is 3.53. The lowest BCUT2D eigenvalue weighted by molar-refractivity contribution is -0.139. The van der Waals surface area contributed by atoms with Gasteiger partial charge < -0.3 is 16.2 Å². The average Bonchev–Trinajstić information content (AvgIpc) is 2.91. The molecule has 2 rings (SSSR count). The standard InChI is InChI=1S/C14H20N2O3S/c15-12(10-5-4-8-20-10)13(19)16-14(9-11(17)18)6-2-1-3-7-14/h4-5,8,12H,1-3,6-7,9,15H2,(H,16,19)(H,17,18). The molecule has 1 heterocycles. The van der Waals surface area contributed by atoms with Crippen molar-refractivity contribution >= 4 is 23.2 Å². The van der Waals surface area contributed by atoms with Crippen LogP contribution in [0.3, 0.4) is 0 Å². The highest BCUT2D eigenvalue weighted by atomic mass is 32.1. The van der Waals surface area contributed by atoms with Crippen molar-refractivity contribution in [1.82, 2.24) is 5.32 Å². The zero-order valence-corrected chi connectivity index (χ0v) is 12.1. The lowest BCUT2D eigenvalue weighted by Gasteiger charge is -2.37. The Morgan fingerprint density at radius 1 is 1.40 bits per heavy atom. The van der Waals surface area contributed by atoms with Crippen LogP contribution < -0.4 is 11.1 Å². The van der Waals surface area contributed by atoms with E-state index >= 15 is 0 Å². The highest BCUT2D eigenvalue weighted by Gasteiger charge is 2.37. The number of carbonyl (C=O) groups is 2. The van der Waals surface area contributed by atoms with E-state index in [-0.39, 0.29) is 12.3 Å². The smallest absolute Gasteiger partial charge is 0.305 e. The Bertz CT molecular complexity index is 467. The maximum absolute atomic E-state index is 12.3. The summed E-state index contributed by atoms with van der Waals surface area (Å²) >= 11 is 1.43. The van der Waals surface area contributed by atoms with Crippen LogP contribution in [0.4, 0.5) is 0 Å². The summed E-state index contributed by atoms with van der Waals surface area (Å²) < 4.78 is 0. The van der Waals surface area contributed by atoms with Crippen molar-refractivity contribution in [2.45, 2.75) is 50.1 Å². The molecule has 0 aromatic carbocycles. The molecule has 6 heteroatoms. The number of rotatable bonds is 5. The third-order valence-corrected chi connectivity index (χ3v) is 4.78. The summed E-state index contributed by atoms with van der Waals surface area (Å²) in [5.41, 5.74) is 5.31. The molecule has 0 spiro atoms. The first-order valence-corrected chi connectivity index (χ1v) is 7.73. The molecule has 0 radical (unpaired) electrons. The number of hydrogen-bond acceptors (Lipinski definition) is 4. The maximum atomic E-state index is 12.3. The largest absolute Gasteiger partial charge is 0.481 e. The molecule has 1 fully saturated rings. The zero-order chi connectivity index (χ0) is 14.6. The number of thiophene rings is 1. The van der Waals surface area contributed by atoms with Gasteiger partial charge in [0.1, 0.15) is 6.04 Å². The predicted octanol–water partition coefficient (Wildman–Crippen LogP) is 2.04. The highest BCUT2D eigenvalue weighted by Crippen LogP contribution is 2.32. The molecule has 1 aliphatic rings.